The number of rotatable bonds is 6. The lowest BCUT2D eigenvalue weighted by molar-refractivity contribution is 0.266. The smallest absolute Gasteiger partial charge is 0.320 e. The zero-order valence-electron chi connectivity index (χ0n) is 18.2. The number of hydrogen-bond acceptors (Lipinski definition) is 6. The predicted octanol–water partition coefficient (Wildman–Crippen LogP) is 5.77. The summed E-state index contributed by atoms with van der Waals surface area (Å²) in [6.07, 6.45) is 3.48. The Morgan fingerprint density at radius 2 is 1.94 bits per heavy atom. The van der Waals surface area contributed by atoms with Gasteiger partial charge in [-0.1, -0.05) is 23.7 Å². The summed E-state index contributed by atoms with van der Waals surface area (Å²) in [4.78, 5) is 7.33. The van der Waals surface area contributed by atoms with Crippen LogP contribution in [0.25, 0.3) is 0 Å². The minimum atomic E-state index is 0.159. The zero-order chi connectivity index (χ0) is 21.5. The number of ether oxygens (including phenoxy) is 1. The fraction of sp³-hybridized carbons (Fsp3) is 0.522. The van der Waals surface area contributed by atoms with Crippen molar-refractivity contribution < 1.29 is 4.74 Å². The highest BCUT2D eigenvalue weighted by molar-refractivity contribution is 7.10. The van der Waals surface area contributed by atoms with E-state index in [2.05, 4.69) is 36.1 Å². The third-order valence-electron chi connectivity index (χ3n) is 6.55. The number of fused-ring (bicyclic) bond motifs is 2. The summed E-state index contributed by atoms with van der Waals surface area (Å²) < 4.78 is 12.4. The van der Waals surface area contributed by atoms with E-state index in [-0.39, 0.29) is 6.04 Å². The van der Waals surface area contributed by atoms with Crippen molar-refractivity contribution in [3.63, 3.8) is 0 Å². The number of benzene rings is 1. The van der Waals surface area contributed by atoms with E-state index in [1.54, 1.807) is 11.5 Å². The van der Waals surface area contributed by atoms with Gasteiger partial charge in [-0.3, -0.25) is 0 Å². The molecule has 31 heavy (non-hydrogen) atoms. The number of para-hydroxylation sites is 1. The third-order valence-corrected chi connectivity index (χ3v) is 7.80. The van der Waals surface area contributed by atoms with Crippen LogP contribution in [-0.4, -0.2) is 32.2 Å². The van der Waals surface area contributed by atoms with Gasteiger partial charge in [0.15, 0.2) is 5.82 Å². The van der Waals surface area contributed by atoms with Gasteiger partial charge in [-0.05, 0) is 81.1 Å². The van der Waals surface area contributed by atoms with Gasteiger partial charge in [-0.25, -0.2) is 4.68 Å². The molecule has 1 aliphatic carbocycles. The molecule has 164 valence electrons. The number of hydrogen-bond donors (Lipinski definition) is 0. The summed E-state index contributed by atoms with van der Waals surface area (Å²) in [6, 6.07) is 10.4. The van der Waals surface area contributed by atoms with Gasteiger partial charge in [0.1, 0.15) is 10.8 Å². The van der Waals surface area contributed by atoms with Crippen molar-refractivity contribution in [2.45, 2.75) is 46.1 Å². The molecule has 1 aromatic carbocycles. The lowest BCUT2D eigenvalue weighted by atomic mass is 9.82. The first-order chi connectivity index (χ1) is 15.0. The SMILES string of the molecule is Cc1cc(N2CC3CCC(C2)C3Cc2nc(Oc3ccccc3Cl)n(C(C)C)n2)sn1. The van der Waals surface area contributed by atoms with E-state index in [4.69, 9.17) is 26.4 Å². The summed E-state index contributed by atoms with van der Waals surface area (Å²) in [6.45, 7) is 8.47. The second-order valence-electron chi connectivity index (χ2n) is 9.06. The quantitative estimate of drug-likeness (QED) is 0.470. The molecule has 8 heteroatoms. The predicted molar refractivity (Wildman–Crippen MR) is 124 cm³/mol. The molecule has 0 spiro atoms. The van der Waals surface area contributed by atoms with Gasteiger partial charge in [0.25, 0.3) is 0 Å². The fourth-order valence-electron chi connectivity index (χ4n) is 5.03. The molecule has 0 amide bonds. The number of halogens is 1. The Balaban J connectivity index is 1.33. The topological polar surface area (TPSA) is 56.1 Å². The Bertz CT molecular complexity index is 1050. The maximum Gasteiger partial charge on any atom is 0.320 e. The van der Waals surface area contributed by atoms with Gasteiger partial charge in [0, 0.05) is 19.5 Å². The van der Waals surface area contributed by atoms with Crippen LogP contribution in [0.15, 0.2) is 30.3 Å². The second kappa shape index (κ2) is 8.43. The Morgan fingerprint density at radius 3 is 2.58 bits per heavy atom. The normalized spacial score (nSPS) is 23.0. The van der Waals surface area contributed by atoms with Crippen molar-refractivity contribution in [1.82, 2.24) is 19.1 Å². The third kappa shape index (κ3) is 4.17. The van der Waals surface area contributed by atoms with Crippen LogP contribution in [0.2, 0.25) is 5.02 Å². The first-order valence-electron chi connectivity index (χ1n) is 11.0. The summed E-state index contributed by atoms with van der Waals surface area (Å²) >= 11 is 7.91. The van der Waals surface area contributed by atoms with Crippen LogP contribution in [0, 0.1) is 24.7 Å². The molecule has 1 saturated heterocycles. The van der Waals surface area contributed by atoms with Crippen molar-refractivity contribution >= 4 is 28.1 Å². The van der Waals surface area contributed by atoms with E-state index in [9.17, 15) is 0 Å². The van der Waals surface area contributed by atoms with Crippen molar-refractivity contribution in [2.75, 3.05) is 18.0 Å². The van der Waals surface area contributed by atoms with Gasteiger partial charge in [0.2, 0.25) is 0 Å². The monoisotopic (exact) mass is 457 g/mol. The average molecular weight is 458 g/mol. The maximum absolute atomic E-state index is 6.29. The summed E-state index contributed by atoms with van der Waals surface area (Å²) in [5.41, 5.74) is 1.11. The van der Waals surface area contributed by atoms with Crippen LogP contribution in [0.3, 0.4) is 0 Å². The van der Waals surface area contributed by atoms with E-state index in [1.165, 1.54) is 17.8 Å². The number of nitrogens with zero attached hydrogens (tertiary/aromatic N) is 5. The van der Waals surface area contributed by atoms with E-state index in [0.717, 1.165) is 31.0 Å². The van der Waals surface area contributed by atoms with Crippen LogP contribution in [0.5, 0.6) is 11.8 Å². The number of aromatic nitrogens is 4. The molecule has 1 aliphatic heterocycles. The van der Waals surface area contributed by atoms with E-state index in [1.807, 2.05) is 28.9 Å². The molecule has 2 bridgehead atoms. The molecule has 5 rings (SSSR count). The highest BCUT2D eigenvalue weighted by Crippen LogP contribution is 2.45. The first kappa shape index (κ1) is 20.8. The van der Waals surface area contributed by atoms with Gasteiger partial charge < -0.3 is 9.64 Å². The molecule has 6 nitrogen and oxygen atoms in total. The largest absolute Gasteiger partial charge is 0.423 e. The minimum absolute atomic E-state index is 0.159. The molecular formula is C23H28ClN5OS. The van der Waals surface area contributed by atoms with E-state index < -0.39 is 0 Å². The molecule has 3 heterocycles. The molecule has 0 radical (unpaired) electrons. The Morgan fingerprint density at radius 1 is 1.19 bits per heavy atom. The molecule has 2 fully saturated rings. The van der Waals surface area contributed by atoms with Crippen molar-refractivity contribution in [3.8, 4) is 11.8 Å². The highest BCUT2D eigenvalue weighted by Gasteiger charge is 2.43. The Hall–Kier alpha value is -2.12. The van der Waals surface area contributed by atoms with Crippen molar-refractivity contribution in [1.29, 1.82) is 0 Å². The van der Waals surface area contributed by atoms with Crippen molar-refractivity contribution in [2.24, 2.45) is 17.8 Å². The molecule has 1 saturated carbocycles. The fourth-order valence-corrected chi connectivity index (χ4v) is 5.98. The zero-order valence-corrected chi connectivity index (χ0v) is 19.7. The number of piperidine rings is 1. The maximum atomic E-state index is 6.29. The van der Waals surface area contributed by atoms with E-state index >= 15 is 0 Å². The molecule has 2 atom stereocenters. The van der Waals surface area contributed by atoms with Crippen LogP contribution in [0.4, 0.5) is 5.00 Å². The Kier molecular flexibility index (Phi) is 5.65. The van der Waals surface area contributed by atoms with Crippen LogP contribution >= 0.6 is 23.1 Å². The second-order valence-corrected chi connectivity index (χ2v) is 10.2. The van der Waals surface area contributed by atoms with Crippen LogP contribution in [-0.2, 0) is 6.42 Å². The van der Waals surface area contributed by atoms with Gasteiger partial charge in [-0.2, -0.15) is 14.5 Å². The van der Waals surface area contributed by atoms with Crippen LogP contribution < -0.4 is 9.64 Å². The Labute approximate surface area is 192 Å². The standard InChI is InChI=1S/C23H28ClN5OS/c1-14(2)29-23(30-20-7-5-4-6-19(20)24)25-21(26-29)11-18-16-8-9-17(18)13-28(12-16)22-10-15(3)27-31-22/h4-7,10,14,16-18H,8-9,11-13H2,1-3H3. The van der Waals surface area contributed by atoms with Crippen LogP contribution in [0.1, 0.15) is 44.2 Å². The number of anilines is 1. The summed E-state index contributed by atoms with van der Waals surface area (Å²) in [5, 5.41) is 6.71. The molecule has 2 aliphatic rings. The lowest BCUT2D eigenvalue weighted by Gasteiger charge is -2.38. The van der Waals surface area contributed by atoms with E-state index in [0.29, 0.717) is 34.5 Å². The first-order valence-corrected chi connectivity index (χ1v) is 12.2. The highest BCUT2D eigenvalue weighted by atomic mass is 35.5. The average Bonchev–Trinajstić information content (AvgIpc) is 3.40. The molecule has 2 unspecified atom stereocenters. The van der Waals surface area contributed by atoms with Crippen molar-refractivity contribution in [3.05, 3.63) is 46.9 Å². The molecular weight excluding hydrogens is 430 g/mol. The molecule has 0 N–H and O–H groups in total. The molecule has 3 aromatic rings. The molecule has 2 aromatic heterocycles. The van der Waals surface area contributed by atoms with Gasteiger partial charge in [-0.15, -0.1) is 0 Å². The number of aryl methyl sites for hydroxylation is 1. The minimum Gasteiger partial charge on any atom is -0.423 e. The lowest BCUT2D eigenvalue weighted by Crippen LogP contribution is -2.42. The summed E-state index contributed by atoms with van der Waals surface area (Å²) in [5.74, 6) is 3.47. The summed E-state index contributed by atoms with van der Waals surface area (Å²) in [7, 11) is 0. The van der Waals surface area contributed by atoms with Gasteiger partial charge in [0.05, 0.1) is 16.8 Å². The van der Waals surface area contributed by atoms with Gasteiger partial charge >= 0.3 is 6.01 Å².